The van der Waals surface area contributed by atoms with Gasteiger partial charge in [-0.05, 0) is 20.8 Å². The first kappa shape index (κ1) is 7.32. The molecule has 2 heteroatoms. The first-order valence-electron chi connectivity index (χ1n) is 3.48. The van der Waals surface area contributed by atoms with Crippen LogP contribution in [0.15, 0.2) is 11.1 Å². The summed E-state index contributed by atoms with van der Waals surface area (Å²) in [6.45, 7) is 5.79. The highest BCUT2D eigenvalue weighted by molar-refractivity contribution is 5.91. The standard InChI is InChI=1S/C8H12O2/c1-5(2)7-4-6(3)10-8(7)9/h6H,4H2,1-3H3. The van der Waals surface area contributed by atoms with Gasteiger partial charge >= 0.3 is 5.97 Å². The van der Waals surface area contributed by atoms with E-state index < -0.39 is 0 Å². The predicted octanol–water partition coefficient (Wildman–Crippen LogP) is 1.66. The molecule has 1 fully saturated rings. The van der Waals surface area contributed by atoms with E-state index >= 15 is 0 Å². The molecule has 10 heavy (non-hydrogen) atoms. The summed E-state index contributed by atoms with van der Waals surface area (Å²) >= 11 is 0. The molecule has 0 bridgehead atoms. The molecule has 2 nitrogen and oxygen atoms in total. The lowest BCUT2D eigenvalue weighted by molar-refractivity contribution is -0.138. The fraction of sp³-hybridized carbons (Fsp3) is 0.625. The third-order valence-corrected chi connectivity index (χ3v) is 1.65. The number of esters is 1. The summed E-state index contributed by atoms with van der Waals surface area (Å²) in [4.78, 5) is 10.9. The third-order valence-electron chi connectivity index (χ3n) is 1.65. The molecule has 0 amide bonds. The fourth-order valence-electron chi connectivity index (χ4n) is 1.07. The Morgan fingerprint density at radius 3 is 2.40 bits per heavy atom. The summed E-state index contributed by atoms with van der Waals surface area (Å²) in [7, 11) is 0. The molecule has 0 aromatic rings. The van der Waals surface area contributed by atoms with Crippen molar-refractivity contribution in [3.63, 3.8) is 0 Å². The Labute approximate surface area is 60.9 Å². The third kappa shape index (κ3) is 1.20. The molecule has 0 N–H and O–H groups in total. The van der Waals surface area contributed by atoms with Crippen LogP contribution in [0.2, 0.25) is 0 Å². The van der Waals surface area contributed by atoms with Crippen LogP contribution in [-0.2, 0) is 9.53 Å². The molecule has 0 aromatic heterocycles. The van der Waals surface area contributed by atoms with Gasteiger partial charge in [0.15, 0.2) is 0 Å². The number of cyclic esters (lactones) is 1. The normalized spacial score (nSPS) is 24.9. The van der Waals surface area contributed by atoms with E-state index in [-0.39, 0.29) is 12.1 Å². The van der Waals surface area contributed by atoms with Gasteiger partial charge in [0.25, 0.3) is 0 Å². The van der Waals surface area contributed by atoms with Crippen LogP contribution >= 0.6 is 0 Å². The van der Waals surface area contributed by atoms with E-state index in [0.717, 1.165) is 17.6 Å². The molecule has 0 aromatic carbocycles. The molecular formula is C8H12O2. The SMILES string of the molecule is CC(C)=C1CC(C)OC1=O. The van der Waals surface area contributed by atoms with Crippen LogP contribution in [0, 0.1) is 0 Å². The molecule has 56 valence electrons. The zero-order valence-corrected chi connectivity index (χ0v) is 6.60. The largest absolute Gasteiger partial charge is 0.459 e. The minimum atomic E-state index is -0.132. The highest BCUT2D eigenvalue weighted by atomic mass is 16.5. The lowest BCUT2D eigenvalue weighted by Crippen LogP contribution is -1.99. The zero-order chi connectivity index (χ0) is 7.72. The smallest absolute Gasteiger partial charge is 0.334 e. The van der Waals surface area contributed by atoms with Crippen LogP contribution in [0.5, 0.6) is 0 Å². The minimum absolute atomic E-state index is 0.0809. The minimum Gasteiger partial charge on any atom is -0.459 e. The van der Waals surface area contributed by atoms with Crippen molar-refractivity contribution in [1.82, 2.24) is 0 Å². The topological polar surface area (TPSA) is 26.3 Å². The number of carbonyl (C=O) groups is 1. The summed E-state index contributed by atoms with van der Waals surface area (Å²) in [6.07, 6.45) is 0.860. The lowest BCUT2D eigenvalue weighted by Gasteiger charge is -1.94. The van der Waals surface area contributed by atoms with Crippen LogP contribution in [0.25, 0.3) is 0 Å². The molecule has 1 saturated heterocycles. The van der Waals surface area contributed by atoms with Gasteiger partial charge in [-0.3, -0.25) is 0 Å². The van der Waals surface area contributed by atoms with Crippen molar-refractivity contribution < 1.29 is 9.53 Å². The molecule has 0 aliphatic carbocycles. The molecular weight excluding hydrogens is 128 g/mol. The van der Waals surface area contributed by atoms with Gasteiger partial charge in [0.1, 0.15) is 6.10 Å². The highest BCUT2D eigenvalue weighted by Crippen LogP contribution is 2.22. The summed E-state index contributed by atoms with van der Waals surface area (Å²) in [5.74, 6) is -0.132. The van der Waals surface area contributed by atoms with Crippen LogP contribution in [-0.4, -0.2) is 12.1 Å². The van der Waals surface area contributed by atoms with Crippen molar-refractivity contribution in [2.24, 2.45) is 0 Å². The predicted molar refractivity (Wildman–Crippen MR) is 38.5 cm³/mol. The van der Waals surface area contributed by atoms with E-state index in [2.05, 4.69) is 0 Å². The van der Waals surface area contributed by atoms with Crippen LogP contribution in [0.4, 0.5) is 0 Å². The van der Waals surface area contributed by atoms with Gasteiger partial charge in [0.2, 0.25) is 0 Å². The summed E-state index contributed by atoms with van der Waals surface area (Å²) < 4.78 is 4.94. The molecule has 1 rings (SSSR count). The average molecular weight is 140 g/mol. The number of ether oxygens (including phenoxy) is 1. The number of carbonyl (C=O) groups excluding carboxylic acids is 1. The Bertz CT molecular complexity index is 187. The Hall–Kier alpha value is -0.790. The Morgan fingerprint density at radius 1 is 1.60 bits per heavy atom. The second-order valence-electron chi connectivity index (χ2n) is 2.90. The van der Waals surface area contributed by atoms with Crippen LogP contribution in [0.1, 0.15) is 27.2 Å². The average Bonchev–Trinajstić information content (AvgIpc) is 2.10. The Balaban J connectivity index is 2.83. The molecule has 1 aliphatic heterocycles. The molecule has 0 saturated carbocycles. The van der Waals surface area contributed by atoms with E-state index in [4.69, 9.17) is 4.74 Å². The van der Waals surface area contributed by atoms with Crippen molar-refractivity contribution in [3.05, 3.63) is 11.1 Å². The summed E-state index contributed by atoms with van der Waals surface area (Å²) in [5.41, 5.74) is 1.93. The van der Waals surface area contributed by atoms with E-state index in [1.807, 2.05) is 20.8 Å². The van der Waals surface area contributed by atoms with E-state index in [9.17, 15) is 4.79 Å². The first-order chi connectivity index (χ1) is 4.61. The van der Waals surface area contributed by atoms with Crippen LogP contribution < -0.4 is 0 Å². The van der Waals surface area contributed by atoms with Gasteiger partial charge in [-0.25, -0.2) is 4.79 Å². The number of hydrogen-bond donors (Lipinski definition) is 0. The van der Waals surface area contributed by atoms with E-state index in [0.29, 0.717) is 0 Å². The van der Waals surface area contributed by atoms with E-state index in [1.165, 1.54) is 0 Å². The van der Waals surface area contributed by atoms with Gasteiger partial charge in [-0.15, -0.1) is 0 Å². The van der Waals surface area contributed by atoms with Crippen LogP contribution in [0.3, 0.4) is 0 Å². The van der Waals surface area contributed by atoms with Gasteiger partial charge < -0.3 is 4.74 Å². The monoisotopic (exact) mass is 140 g/mol. The number of rotatable bonds is 0. The maximum absolute atomic E-state index is 10.9. The molecule has 0 radical (unpaired) electrons. The lowest BCUT2D eigenvalue weighted by atomic mass is 10.1. The van der Waals surface area contributed by atoms with E-state index in [1.54, 1.807) is 0 Å². The number of allylic oxidation sites excluding steroid dienone is 1. The number of hydrogen-bond acceptors (Lipinski definition) is 2. The Morgan fingerprint density at radius 2 is 2.20 bits per heavy atom. The Kier molecular flexibility index (Phi) is 1.79. The van der Waals surface area contributed by atoms with Gasteiger partial charge in [0.05, 0.1) is 0 Å². The van der Waals surface area contributed by atoms with Gasteiger partial charge in [-0.1, -0.05) is 5.57 Å². The first-order valence-corrected chi connectivity index (χ1v) is 3.48. The molecule has 1 aliphatic rings. The second kappa shape index (κ2) is 2.45. The summed E-state index contributed by atoms with van der Waals surface area (Å²) in [5, 5.41) is 0. The zero-order valence-electron chi connectivity index (χ0n) is 6.60. The van der Waals surface area contributed by atoms with Crippen molar-refractivity contribution >= 4 is 5.97 Å². The quantitative estimate of drug-likeness (QED) is 0.378. The second-order valence-corrected chi connectivity index (χ2v) is 2.90. The molecule has 1 atom stereocenters. The van der Waals surface area contributed by atoms with Gasteiger partial charge in [-0.2, -0.15) is 0 Å². The molecule has 0 spiro atoms. The molecule has 1 unspecified atom stereocenters. The van der Waals surface area contributed by atoms with Crippen molar-refractivity contribution in [1.29, 1.82) is 0 Å². The highest BCUT2D eigenvalue weighted by Gasteiger charge is 2.25. The van der Waals surface area contributed by atoms with Crippen molar-refractivity contribution in [2.75, 3.05) is 0 Å². The maximum Gasteiger partial charge on any atom is 0.334 e. The van der Waals surface area contributed by atoms with Gasteiger partial charge in [0, 0.05) is 12.0 Å². The van der Waals surface area contributed by atoms with Crippen molar-refractivity contribution in [3.8, 4) is 0 Å². The summed E-state index contributed by atoms with van der Waals surface area (Å²) in [6, 6.07) is 0. The van der Waals surface area contributed by atoms with Crippen molar-refractivity contribution in [2.45, 2.75) is 33.3 Å². The fourth-order valence-corrected chi connectivity index (χ4v) is 1.07. The maximum atomic E-state index is 10.9. The molecule has 1 heterocycles.